The monoisotopic (exact) mass is 280 g/mol. The van der Waals surface area contributed by atoms with Crippen molar-refractivity contribution in [2.75, 3.05) is 6.54 Å². The Labute approximate surface area is 124 Å². The molecule has 2 rings (SSSR count). The number of nitrogens with zero attached hydrogens (tertiary/aromatic N) is 2. The van der Waals surface area contributed by atoms with E-state index in [4.69, 9.17) is 10.8 Å². The van der Waals surface area contributed by atoms with E-state index in [0.29, 0.717) is 18.0 Å². The zero-order valence-electron chi connectivity index (χ0n) is 13.3. The van der Waals surface area contributed by atoms with Crippen molar-refractivity contribution < 1.29 is 0 Å². The standard InChI is InChI=1S/C16H32N4/c1-13(2)12-20(15-10-6-7-11-15)16(19-17)18-14-8-4-3-5-9-14/h13-15H,3-12,17H2,1-2H3,(H,18,19). The maximum Gasteiger partial charge on any atom is 0.208 e. The van der Waals surface area contributed by atoms with Crippen molar-refractivity contribution >= 4 is 5.96 Å². The molecule has 116 valence electrons. The predicted molar refractivity (Wildman–Crippen MR) is 85.4 cm³/mol. The van der Waals surface area contributed by atoms with Crippen LogP contribution in [0.25, 0.3) is 0 Å². The SMILES string of the molecule is CC(C)CN(C(=NC1CCCCC1)NN)C1CCCC1. The van der Waals surface area contributed by atoms with E-state index in [1.807, 2.05) is 0 Å². The van der Waals surface area contributed by atoms with Gasteiger partial charge in [0.15, 0.2) is 0 Å². The molecule has 4 heteroatoms. The molecule has 0 aromatic heterocycles. The normalized spacial score (nSPS) is 22.5. The lowest BCUT2D eigenvalue weighted by molar-refractivity contribution is 0.271. The van der Waals surface area contributed by atoms with Crippen molar-refractivity contribution in [3.05, 3.63) is 0 Å². The molecular weight excluding hydrogens is 248 g/mol. The first-order valence-electron chi connectivity index (χ1n) is 8.51. The zero-order chi connectivity index (χ0) is 14.4. The molecule has 0 saturated heterocycles. The summed E-state index contributed by atoms with van der Waals surface area (Å²) >= 11 is 0. The van der Waals surface area contributed by atoms with Crippen LogP contribution in [0.1, 0.15) is 71.6 Å². The molecule has 0 unspecified atom stereocenters. The van der Waals surface area contributed by atoms with Crippen molar-refractivity contribution in [2.24, 2.45) is 16.8 Å². The first-order valence-corrected chi connectivity index (χ1v) is 8.51. The second kappa shape index (κ2) is 7.87. The third-order valence-corrected chi connectivity index (χ3v) is 4.61. The molecule has 20 heavy (non-hydrogen) atoms. The Morgan fingerprint density at radius 1 is 1.10 bits per heavy atom. The van der Waals surface area contributed by atoms with E-state index in [1.54, 1.807) is 0 Å². The van der Waals surface area contributed by atoms with Gasteiger partial charge in [-0.2, -0.15) is 0 Å². The van der Waals surface area contributed by atoms with Crippen LogP contribution in [0.3, 0.4) is 0 Å². The van der Waals surface area contributed by atoms with Gasteiger partial charge in [-0.1, -0.05) is 46.0 Å². The number of hydrogen-bond donors (Lipinski definition) is 2. The van der Waals surface area contributed by atoms with Crippen LogP contribution in [0.2, 0.25) is 0 Å². The zero-order valence-corrected chi connectivity index (χ0v) is 13.3. The van der Waals surface area contributed by atoms with Gasteiger partial charge in [0.05, 0.1) is 6.04 Å². The molecule has 4 nitrogen and oxygen atoms in total. The molecular formula is C16H32N4. The van der Waals surface area contributed by atoms with Crippen LogP contribution < -0.4 is 11.3 Å². The molecule has 2 aliphatic carbocycles. The Balaban J connectivity index is 2.07. The summed E-state index contributed by atoms with van der Waals surface area (Å²) in [5, 5.41) is 0. The van der Waals surface area contributed by atoms with Gasteiger partial charge in [-0.25, -0.2) is 10.8 Å². The van der Waals surface area contributed by atoms with E-state index in [9.17, 15) is 0 Å². The molecule has 0 bridgehead atoms. The third kappa shape index (κ3) is 4.37. The van der Waals surface area contributed by atoms with Gasteiger partial charge >= 0.3 is 0 Å². The van der Waals surface area contributed by atoms with Crippen molar-refractivity contribution in [1.82, 2.24) is 10.3 Å². The minimum atomic E-state index is 0.478. The second-order valence-corrected chi connectivity index (χ2v) is 6.87. The Morgan fingerprint density at radius 2 is 1.70 bits per heavy atom. The average molecular weight is 280 g/mol. The fourth-order valence-corrected chi connectivity index (χ4v) is 3.60. The van der Waals surface area contributed by atoms with Crippen molar-refractivity contribution in [1.29, 1.82) is 0 Å². The van der Waals surface area contributed by atoms with E-state index in [0.717, 1.165) is 12.5 Å². The van der Waals surface area contributed by atoms with E-state index < -0.39 is 0 Å². The highest BCUT2D eigenvalue weighted by atomic mass is 15.4. The number of hydrogen-bond acceptors (Lipinski definition) is 2. The third-order valence-electron chi connectivity index (χ3n) is 4.61. The predicted octanol–water partition coefficient (Wildman–Crippen LogP) is 3.04. The summed E-state index contributed by atoms with van der Waals surface area (Å²) in [7, 11) is 0. The van der Waals surface area contributed by atoms with Crippen molar-refractivity contribution in [2.45, 2.75) is 83.7 Å². The van der Waals surface area contributed by atoms with Crippen LogP contribution in [0.15, 0.2) is 4.99 Å². The van der Waals surface area contributed by atoms with Crippen LogP contribution in [-0.4, -0.2) is 29.5 Å². The maximum atomic E-state index is 5.81. The molecule has 2 aliphatic rings. The van der Waals surface area contributed by atoms with Gasteiger partial charge in [0.1, 0.15) is 0 Å². The Bertz CT molecular complexity index is 302. The number of hydrazine groups is 1. The smallest absolute Gasteiger partial charge is 0.208 e. The number of rotatable bonds is 4. The topological polar surface area (TPSA) is 53.6 Å². The van der Waals surface area contributed by atoms with E-state index in [-0.39, 0.29) is 0 Å². The fraction of sp³-hybridized carbons (Fsp3) is 0.938. The maximum absolute atomic E-state index is 5.81. The van der Waals surface area contributed by atoms with Crippen molar-refractivity contribution in [3.8, 4) is 0 Å². The van der Waals surface area contributed by atoms with Gasteiger partial charge in [0.2, 0.25) is 5.96 Å². The Kier molecular flexibility index (Phi) is 6.14. The first-order chi connectivity index (χ1) is 9.70. The summed E-state index contributed by atoms with van der Waals surface area (Å²) in [6.45, 7) is 5.60. The van der Waals surface area contributed by atoms with Gasteiger partial charge in [-0.15, -0.1) is 0 Å². The lowest BCUT2D eigenvalue weighted by Crippen LogP contribution is -2.50. The summed E-state index contributed by atoms with van der Waals surface area (Å²) in [5.74, 6) is 7.39. The average Bonchev–Trinajstić information content (AvgIpc) is 2.97. The van der Waals surface area contributed by atoms with Gasteiger partial charge in [-0.05, 0) is 31.6 Å². The van der Waals surface area contributed by atoms with Crippen LogP contribution in [-0.2, 0) is 0 Å². The minimum absolute atomic E-state index is 0.478. The molecule has 0 aromatic carbocycles. The number of nitrogens with two attached hydrogens (primary N) is 1. The number of guanidine groups is 1. The van der Waals surface area contributed by atoms with Crippen LogP contribution in [0.4, 0.5) is 0 Å². The quantitative estimate of drug-likeness (QED) is 0.360. The molecule has 0 radical (unpaired) electrons. The summed E-state index contributed by atoms with van der Waals surface area (Å²) in [6.07, 6.45) is 11.7. The van der Waals surface area contributed by atoms with Crippen molar-refractivity contribution in [3.63, 3.8) is 0 Å². The summed E-state index contributed by atoms with van der Waals surface area (Å²) in [5.41, 5.74) is 2.91. The number of aliphatic imine (C=N–C) groups is 1. The van der Waals surface area contributed by atoms with Gasteiger partial charge in [0, 0.05) is 12.6 Å². The molecule has 2 fully saturated rings. The Morgan fingerprint density at radius 3 is 2.25 bits per heavy atom. The largest absolute Gasteiger partial charge is 0.339 e. The van der Waals surface area contributed by atoms with Crippen LogP contribution >= 0.6 is 0 Å². The van der Waals surface area contributed by atoms with E-state index in [1.165, 1.54) is 57.8 Å². The van der Waals surface area contributed by atoms with E-state index >= 15 is 0 Å². The molecule has 0 amide bonds. The Hall–Kier alpha value is -0.770. The highest BCUT2D eigenvalue weighted by molar-refractivity contribution is 5.80. The van der Waals surface area contributed by atoms with Crippen LogP contribution in [0, 0.1) is 5.92 Å². The molecule has 0 aliphatic heterocycles. The molecule has 0 atom stereocenters. The summed E-state index contributed by atoms with van der Waals surface area (Å²) < 4.78 is 0. The van der Waals surface area contributed by atoms with E-state index in [2.05, 4.69) is 24.2 Å². The lowest BCUT2D eigenvalue weighted by atomic mass is 9.96. The molecule has 0 heterocycles. The minimum Gasteiger partial charge on any atom is -0.339 e. The molecule has 3 N–H and O–H groups in total. The highest BCUT2D eigenvalue weighted by Crippen LogP contribution is 2.25. The second-order valence-electron chi connectivity index (χ2n) is 6.87. The van der Waals surface area contributed by atoms with Gasteiger partial charge in [0.25, 0.3) is 0 Å². The highest BCUT2D eigenvalue weighted by Gasteiger charge is 2.26. The molecule has 0 spiro atoms. The van der Waals surface area contributed by atoms with Gasteiger partial charge in [-0.3, -0.25) is 5.43 Å². The summed E-state index contributed by atoms with van der Waals surface area (Å²) in [4.78, 5) is 7.41. The first kappa shape index (κ1) is 15.6. The molecule has 0 aromatic rings. The molecule has 2 saturated carbocycles. The fourth-order valence-electron chi connectivity index (χ4n) is 3.60. The van der Waals surface area contributed by atoms with Crippen LogP contribution in [0.5, 0.6) is 0 Å². The van der Waals surface area contributed by atoms with Gasteiger partial charge < -0.3 is 4.90 Å². The summed E-state index contributed by atoms with van der Waals surface area (Å²) in [6, 6.07) is 1.11. The number of nitrogens with one attached hydrogen (secondary N) is 1. The lowest BCUT2D eigenvalue weighted by Gasteiger charge is -2.34.